The summed E-state index contributed by atoms with van der Waals surface area (Å²) in [5.74, 6) is 1.12. The summed E-state index contributed by atoms with van der Waals surface area (Å²) < 4.78 is 5.72. The second kappa shape index (κ2) is 14.6. The van der Waals surface area contributed by atoms with E-state index < -0.39 is 0 Å². The van der Waals surface area contributed by atoms with Crippen molar-refractivity contribution < 1.29 is 9.53 Å². The third-order valence-electron chi connectivity index (χ3n) is 4.77. The maximum absolute atomic E-state index is 12.1. The molecule has 7 heteroatoms. The molecule has 1 aromatic rings. The number of aliphatic imine (C=N–C) groups is 1. The average Bonchev–Trinajstić information content (AvgIpc) is 3.15. The predicted octanol–water partition coefficient (Wildman–Crippen LogP) is 3.07. The molecule has 29 heavy (non-hydrogen) atoms. The van der Waals surface area contributed by atoms with Crippen LogP contribution in [-0.2, 0) is 16.0 Å². The summed E-state index contributed by atoms with van der Waals surface area (Å²) in [6.07, 6.45) is 2.81. The minimum atomic E-state index is 0. The van der Waals surface area contributed by atoms with E-state index in [4.69, 9.17) is 4.74 Å². The van der Waals surface area contributed by atoms with E-state index in [2.05, 4.69) is 46.8 Å². The number of guanidine groups is 1. The first-order valence-corrected chi connectivity index (χ1v) is 10.6. The second-order valence-corrected chi connectivity index (χ2v) is 7.53. The molecule has 1 heterocycles. The fourth-order valence-corrected chi connectivity index (χ4v) is 3.25. The summed E-state index contributed by atoms with van der Waals surface area (Å²) in [6, 6.07) is 10.7. The van der Waals surface area contributed by atoms with Gasteiger partial charge in [0.2, 0.25) is 5.91 Å². The number of rotatable bonds is 10. The minimum Gasteiger partial charge on any atom is -0.381 e. The van der Waals surface area contributed by atoms with Crippen LogP contribution in [0, 0.1) is 5.92 Å². The van der Waals surface area contributed by atoms with Gasteiger partial charge in [0.1, 0.15) is 0 Å². The van der Waals surface area contributed by atoms with Crippen molar-refractivity contribution in [3.8, 4) is 0 Å². The lowest BCUT2D eigenvalue weighted by Crippen LogP contribution is -2.45. The number of benzene rings is 1. The Bertz CT molecular complexity index is 610. The summed E-state index contributed by atoms with van der Waals surface area (Å²) >= 11 is 0. The Morgan fingerprint density at radius 2 is 2.03 bits per heavy atom. The van der Waals surface area contributed by atoms with Gasteiger partial charge in [0.05, 0.1) is 6.61 Å². The number of carbonyl (C=O) groups is 1. The van der Waals surface area contributed by atoms with Crippen LogP contribution in [0.15, 0.2) is 35.3 Å². The van der Waals surface area contributed by atoms with Gasteiger partial charge in [-0.2, -0.15) is 0 Å². The van der Waals surface area contributed by atoms with Gasteiger partial charge in [-0.15, -0.1) is 24.0 Å². The first-order chi connectivity index (χ1) is 13.6. The number of carbonyl (C=O) groups excluding carboxylic acids is 1. The smallest absolute Gasteiger partial charge is 0.225 e. The van der Waals surface area contributed by atoms with Crippen LogP contribution in [0.3, 0.4) is 0 Å². The van der Waals surface area contributed by atoms with Crippen LogP contribution in [0.5, 0.6) is 0 Å². The maximum Gasteiger partial charge on any atom is 0.225 e. The predicted molar refractivity (Wildman–Crippen MR) is 130 cm³/mol. The van der Waals surface area contributed by atoms with Crippen LogP contribution in [0.4, 0.5) is 0 Å². The van der Waals surface area contributed by atoms with Gasteiger partial charge in [0, 0.05) is 44.7 Å². The highest BCUT2D eigenvalue weighted by atomic mass is 127. The van der Waals surface area contributed by atoms with Crippen molar-refractivity contribution in [3.05, 3.63) is 35.9 Å². The number of ether oxygens (including phenoxy) is 1. The van der Waals surface area contributed by atoms with E-state index in [0.29, 0.717) is 0 Å². The van der Waals surface area contributed by atoms with Crippen molar-refractivity contribution in [2.24, 2.45) is 10.9 Å². The van der Waals surface area contributed by atoms with E-state index in [1.54, 1.807) is 0 Å². The van der Waals surface area contributed by atoms with Gasteiger partial charge < -0.3 is 20.3 Å². The Morgan fingerprint density at radius 3 is 2.72 bits per heavy atom. The zero-order chi connectivity index (χ0) is 20.2. The standard InChI is InChI=1S/C22H36N4O2.HI/c1-4-23-22(25-20-11-14-26(17-20)21(27)18(2)3)24-13-8-15-28-16-12-19-9-6-5-7-10-19;/h5-7,9-10,18,20H,4,8,11-17H2,1-3H3,(H2,23,24,25);1H. The molecule has 1 unspecified atom stereocenters. The molecule has 1 saturated heterocycles. The summed E-state index contributed by atoms with van der Waals surface area (Å²) in [5, 5.41) is 6.76. The van der Waals surface area contributed by atoms with Crippen molar-refractivity contribution >= 4 is 35.8 Å². The number of nitrogens with zero attached hydrogens (tertiary/aromatic N) is 2. The van der Waals surface area contributed by atoms with Gasteiger partial charge in [-0.05, 0) is 31.7 Å². The van der Waals surface area contributed by atoms with Gasteiger partial charge in [0.25, 0.3) is 0 Å². The van der Waals surface area contributed by atoms with Crippen LogP contribution in [0.25, 0.3) is 0 Å². The Labute approximate surface area is 192 Å². The van der Waals surface area contributed by atoms with Crippen molar-refractivity contribution in [2.75, 3.05) is 39.4 Å². The Balaban J connectivity index is 0.00000420. The summed E-state index contributed by atoms with van der Waals surface area (Å²) in [5.41, 5.74) is 1.31. The molecule has 0 aliphatic carbocycles. The topological polar surface area (TPSA) is 66.0 Å². The van der Waals surface area contributed by atoms with Crippen LogP contribution in [0.2, 0.25) is 0 Å². The number of halogens is 1. The first-order valence-electron chi connectivity index (χ1n) is 10.6. The molecule has 164 valence electrons. The highest BCUT2D eigenvalue weighted by Crippen LogP contribution is 2.12. The van der Waals surface area contributed by atoms with Gasteiger partial charge in [-0.1, -0.05) is 44.2 Å². The van der Waals surface area contributed by atoms with Crippen molar-refractivity contribution in [2.45, 2.75) is 46.1 Å². The monoisotopic (exact) mass is 516 g/mol. The number of likely N-dealkylation sites (tertiary alicyclic amines) is 1. The second-order valence-electron chi connectivity index (χ2n) is 7.53. The normalized spacial score (nSPS) is 16.6. The largest absolute Gasteiger partial charge is 0.381 e. The molecule has 1 atom stereocenters. The van der Waals surface area contributed by atoms with E-state index in [9.17, 15) is 4.79 Å². The molecule has 0 saturated carbocycles. The minimum absolute atomic E-state index is 0. The van der Waals surface area contributed by atoms with Crippen LogP contribution >= 0.6 is 24.0 Å². The molecule has 0 aromatic heterocycles. The molecule has 6 nitrogen and oxygen atoms in total. The molecule has 0 bridgehead atoms. The Morgan fingerprint density at radius 1 is 1.28 bits per heavy atom. The molecule has 1 aliphatic heterocycles. The molecular formula is C22H37IN4O2. The van der Waals surface area contributed by atoms with E-state index in [-0.39, 0.29) is 41.8 Å². The fraction of sp³-hybridized carbons (Fsp3) is 0.636. The molecule has 2 rings (SSSR count). The molecule has 1 amide bonds. The number of hydrogen-bond acceptors (Lipinski definition) is 3. The number of nitrogens with one attached hydrogen (secondary N) is 2. The van der Waals surface area contributed by atoms with Crippen molar-refractivity contribution in [1.29, 1.82) is 0 Å². The molecule has 1 aliphatic rings. The van der Waals surface area contributed by atoms with E-state index in [1.807, 2.05) is 24.8 Å². The van der Waals surface area contributed by atoms with Crippen LogP contribution in [-0.4, -0.2) is 62.2 Å². The third-order valence-corrected chi connectivity index (χ3v) is 4.77. The quantitative estimate of drug-likeness (QED) is 0.217. The maximum atomic E-state index is 12.1. The van der Waals surface area contributed by atoms with Crippen LogP contribution in [0.1, 0.15) is 39.2 Å². The highest BCUT2D eigenvalue weighted by molar-refractivity contribution is 14.0. The Hall–Kier alpha value is -1.35. The molecule has 0 radical (unpaired) electrons. The molecular weight excluding hydrogens is 479 g/mol. The average molecular weight is 516 g/mol. The van der Waals surface area contributed by atoms with Gasteiger partial charge >= 0.3 is 0 Å². The lowest BCUT2D eigenvalue weighted by molar-refractivity contribution is -0.133. The van der Waals surface area contributed by atoms with Gasteiger partial charge in [0.15, 0.2) is 5.96 Å². The summed E-state index contributed by atoms with van der Waals surface area (Å²) in [4.78, 5) is 18.7. The Kier molecular flexibility index (Phi) is 12.9. The summed E-state index contributed by atoms with van der Waals surface area (Å²) in [7, 11) is 0. The molecule has 2 N–H and O–H groups in total. The van der Waals surface area contributed by atoms with E-state index >= 15 is 0 Å². The SMILES string of the molecule is CCNC(=NCCCOCCc1ccccc1)NC1CCN(C(=O)C(C)C)C1.I. The lowest BCUT2D eigenvalue weighted by atomic mass is 10.2. The van der Waals surface area contributed by atoms with Crippen molar-refractivity contribution in [1.82, 2.24) is 15.5 Å². The summed E-state index contributed by atoms with van der Waals surface area (Å²) in [6.45, 7) is 10.6. The van der Waals surface area contributed by atoms with E-state index in [1.165, 1.54) is 5.56 Å². The molecule has 1 aromatic carbocycles. The zero-order valence-corrected chi connectivity index (χ0v) is 20.4. The number of hydrogen-bond donors (Lipinski definition) is 2. The van der Waals surface area contributed by atoms with E-state index in [0.717, 1.165) is 64.6 Å². The first kappa shape index (κ1) is 25.7. The zero-order valence-electron chi connectivity index (χ0n) is 18.0. The van der Waals surface area contributed by atoms with Gasteiger partial charge in [-0.3, -0.25) is 9.79 Å². The van der Waals surface area contributed by atoms with Crippen molar-refractivity contribution in [3.63, 3.8) is 0 Å². The van der Waals surface area contributed by atoms with Gasteiger partial charge in [-0.25, -0.2) is 0 Å². The lowest BCUT2D eigenvalue weighted by Gasteiger charge is -2.20. The fourth-order valence-electron chi connectivity index (χ4n) is 3.25. The molecule has 0 spiro atoms. The number of amides is 1. The van der Waals surface area contributed by atoms with Crippen LogP contribution < -0.4 is 10.6 Å². The molecule has 1 fully saturated rings. The third kappa shape index (κ3) is 9.80. The highest BCUT2D eigenvalue weighted by Gasteiger charge is 2.27.